The molecular formula is C19H15N5O3S. The topological polar surface area (TPSA) is 107 Å². The van der Waals surface area contributed by atoms with Gasteiger partial charge in [-0.2, -0.15) is 0 Å². The zero-order valence-electron chi connectivity index (χ0n) is 14.6. The highest BCUT2D eigenvalue weighted by atomic mass is 32.2. The number of hydrogen-bond donors (Lipinski definition) is 1. The van der Waals surface area contributed by atoms with Crippen molar-refractivity contribution >= 4 is 28.6 Å². The number of nitro benzene ring substituents is 1. The number of aromatic hydroxyl groups is 1. The first-order valence-corrected chi connectivity index (χ1v) is 9.39. The van der Waals surface area contributed by atoms with Crippen LogP contribution in [-0.2, 0) is 12.3 Å². The maximum Gasteiger partial charge on any atom is 0.269 e. The van der Waals surface area contributed by atoms with Crippen LogP contribution < -0.4 is 0 Å². The van der Waals surface area contributed by atoms with E-state index < -0.39 is 4.92 Å². The molecule has 0 aliphatic rings. The maximum absolute atomic E-state index is 10.7. The molecular weight excluding hydrogens is 378 g/mol. The number of non-ortho nitro benzene ring substituents is 1. The number of hydrogen-bond acceptors (Lipinski definition) is 7. The van der Waals surface area contributed by atoms with Gasteiger partial charge >= 0.3 is 0 Å². The van der Waals surface area contributed by atoms with Crippen LogP contribution in [0.25, 0.3) is 11.2 Å². The number of aromatic nitrogens is 4. The predicted octanol–water partition coefficient (Wildman–Crippen LogP) is 3.78. The largest absolute Gasteiger partial charge is 0.508 e. The second kappa shape index (κ2) is 7.65. The summed E-state index contributed by atoms with van der Waals surface area (Å²) in [5.41, 5.74) is 3.17. The number of imidazole rings is 1. The quantitative estimate of drug-likeness (QED) is 0.230. The molecule has 9 heteroatoms. The molecule has 2 aromatic carbocycles. The van der Waals surface area contributed by atoms with Crippen molar-refractivity contribution in [1.29, 1.82) is 0 Å². The Balaban J connectivity index is 1.55. The number of fused-ring (bicyclic) bond motifs is 1. The number of nitrogens with zero attached hydrogens (tertiary/aromatic N) is 5. The molecule has 0 spiro atoms. The van der Waals surface area contributed by atoms with E-state index in [1.165, 1.54) is 30.2 Å². The number of phenolic OH excluding ortho intramolecular Hbond substituents is 1. The van der Waals surface area contributed by atoms with Crippen LogP contribution in [0.15, 0.2) is 66.2 Å². The van der Waals surface area contributed by atoms with Crippen LogP contribution in [-0.4, -0.2) is 29.5 Å². The Morgan fingerprint density at radius 1 is 1.07 bits per heavy atom. The molecule has 0 amide bonds. The number of para-hydroxylation sites is 1. The lowest BCUT2D eigenvalue weighted by Crippen LogP contribution is -2.00. The van der Waals surface area contributed by atoms with Gasteiger partial charge in [0.15, 0.2) is 5.65 Å². The van der Waals surface area contributed by atoms with E-state index >= 15 is 0 Å². The molecule has 28 heavy (non-hydrogen) atoms. The third kappa shape index (κ3) is 3.65. The zero-order valence-corrected chi connectivity index (χ0v) is 15.4. The van der Waals surface area contributed by atoms with Crippen LogP contribution in [0.1, 0.15) is 11.1 Å². The summed E-state index contributed by atoms with van der Waals surface area (Å²) in [7, 11) is 0. The van der Waals surface area contributed by atoms with Crippen LogP contribution >= 0.6 is 11.8 Å². The number of phenols is 1. The lowest BCUT2D eigenvalue weighted by molar-refractivity contribution is -0.384. The Hall–Kier alpha value is -3.46. The Bertz CT molecular complexity index is 1140. The lowest BCUT2D eigenvalue weighted by Gasteiger charge is -2.06. The fourth-order valence-corrected chi connectivity index (χ4v) is 3.67. The summed E-state index contributed by atoms with van der Waals surface area (Å²) in [5, 5.41) is 21.5. The van der Waals surface area contributed by atoms with Crippen molar-refractivity contribution in [2.75, 3.05) is 0 Å². The van der Waals surface area contributed by atoms with E-state index in [0.29, 0.717) is 23.5 Å². The van der Waals surface area contributed by atoms with Crippen molar-refractivity contribution in [1.82, 2.24) is 19.5 Å². The summed E-state index contributed by atoms with van der Waals surface area (Å²) in [6, 6.07) is 13.6. The molecule has 2 aromatic heterocycles. The minimum Gasteiger partial charge on any atom is -0.508 e. The van der Waals surface area contributed by atoms with Crippen molar-refractivity contribution in [2.24, 2.45) is 0 Å². The highest BCUT2D eigenvalue weighted by Gasteiger charge is 2.12. The van der Waals surface area contributed by atoms with Gasteiger partial charge in [0.1, 0.15) is 22.6 Å². The molecule has 2 heterocycles. The Kier molecular flexibility index (Phi) is 4.90. The van der Waals surface area contributed by atoms with Crippen LogP contribution in [0.2, 0.25) is 0 Å². The SMILES string of the molecule is O=[N+]([O-])c1ccc(CSc2ncnc3c2ncn3Cc2ccccc2O)cc1. The predicted molar refractivity (Wildman–Crippen MR) is 105 cm³/mol. The third-order valence-corrected chi connectivity index (χ3v) is 5.27. The van der Waals surface area contributed by atoms with E-state index in [1.807, 2.05) is 16.7 Å². The van der Waals surface area contributed by atoms with Crippen molar-refractivity contribution in [3.8, 4) is 5.75 Å². The van der Waals surface area contributed by atoms with Gasteiger partial charge in [-0.1, -0.05) is 42.1 Å². The molecule has 140 valence electrons. The lowest BCUT2D eigenvalue weighted by atomic mass is 10.2. The van der Waals surface area contributed by atoms with Crippen LogP contribution in [0.4, 0.5) is 5.69 Å². The second-order valence-electron chi connectivity index (χ2n) is 6.06. The van der Waals surface area contributed by atoms with Crippen molar-refractivity contribution in [3.05, 3.63) is 82.4 Å². The highest BCUT2D eigenvalue weighted by molar-refractivity contribution is 7.98. The molecule has 0 saturated heterocycles. The minimum atomic E-state index is -0.415. The molecule has 0 bridgehead atoms. The zero-order chi connectivity index (χ0) is 19.5. The number of nitro groups is 1. The summed E-state index contributed by atoms with van der Waals surface area (Å²) in [6.45, 7) is 0.451. The Morgan fingerprint density at radius 2 is 1.86 bits per heavy atom. The monoisotopic (exact) mass is 393 g/mol. The van der Waals surface area contributed by atoms with Gasteiger partial charge in [-0.05, 0) is 11.6 Å². The number of benzene rings is 2. The molecule has 0 radical (unpaired) electrons. The molecule has 8 nitrogen and oxygen atoms in total. The van der Waals surface area contributed by atoms with E-state index in [0.717, 1.165) is 16.2 Å². The van der Waals surface area contributed by atoms with E-state index in [1.54, 1.807) is 30.6 Å². The molecule has 1 N–H and O–H groups in total. The fourth-order valence-electron chi connectivity index (χ4n) is 2.77. The summed E-state index contributed by atoms with van der Waals surface area (Å²) in [5.74, 6) is 0.836. The fraction of sp³-hybridized carbons (Fsp3) is 0.105. The van der Waals surface area contributed by atoms with Gasteiger partial charge in [-0.25, -0.2) is 15.0 Å². The van der Waals surface area contributed by atoms with Gasteiger partial charge in [-0.15, -0.1) is 0 Å². The van der Waals surface area contributed by atoms with Crippen molar-refractivity contribution < 1.29 is 10.0 Å². The third-order valence-electron chi connectivity index (χ3n) is 4.22. The average Bonchev–Trinajstić information content (AvgIpc) is 3.12. The highest BCUT2D eigenvalue weighted by Crippen LogP contribution is 2.28. The molecule has 0 fully saturated rings. The summed E-state index contributed by atoms with van der Waals surface area (Å²) in [6.07, 6.45) is 3.17. The summed E-state index contributed by atoms with van der Waals surface area (Å²) in [4.78, 5) is 23.4. The average molecular weight is 393 g/mol. The van der Waals surface area contributed by atoms with Crippen LogP contribution in [0, 0.1) is 10.1 Å². The normalized spacial score (nSPS) is 11.0. The summed E-state index contributed by atoms with van der Waals surface area (Å²) < 4.78 is 1.86. The first-order valence-electron chi connectivity index (χ1n) is 8.40. The first kappa shape index (κ1) is 17.9. The molecule has 0 unspecified atom stereocenters. The first-order chi connectivity index (χ1) is 13.6. The van der Waals surface area contributed by atoms with E-state index in [9.17, 15) is 15.2 Å². The van der Waals surface area contributed by atoms with Crippen LogP contribution in [0.3, 0.4) is 0 Å². The number of rotatable bonds is 6. The molecule has 0 aliphatic heterocycles. The molecule has 0 aliphatic carbocycles. The van der Waals surface area contributed by atoms with Gasteiger partial charge in [0.05, 0.1) is 17.8 Å². The Morgan fingerprint density at radius 3 is 2.61 bits per heavy atom. The van der Waals surface area contributed by atoms with Gasteiger partial charge in [0, 0.05) is 23.4 Å². The van der Waals surface area contributed by atoms with Gasteiger partial charge in [0.25, 0.3) is 5.69 Å². The second-order valence-corrected chi connectivity index (χ2v) is 7.03. The standard InChI is InChI=1S/C19H15N5O3S/c25-16-4-2-1-3-14(16)9-23-12-22-17-18(23)20-11-21-19(17)28-10-13-5-7-15(8-6-13)24(26)27/h1-8,11-12,25H,9-10H2. The summed E-state index contributed by atoms with van der Waals surface area (Å²) >= 11 is 1.49. The van der Waals surface area contributed by atoms with Crippen LogP contribution in [0.5, 0.6) is 5.75 Å². The molecule has 4 aromatic rings. The van der Waals surface area contributed by atoms with Crippen molar-refractivity contribution in [2.45, 2.75) is 17.3 Å². The Labute approximate surface area is 164 Å². The van der Waals surface area contributed by atoms with Gasteiger partial charge in [0.2, 0.25) is 0 Å². The number of thioether (sulfide) groups is 1. The molecule has 0 atom stereocenters. The van der Waals surface area contributed by atoms with Gasteiger partial charge < -0.3 is 9.67 Å². The van der Waals surface area contributed by atoms with E-state index in [-0.39, 0.29) is 11.4 Å². The van der Waals surface area contributed by atoms with E-state index in [2.05, 4.69) is 15.0 Å². The minimum absolute atomic E-state index is 0.0704. The van der Waals surface area contributed by atoms with Crippen molar-refractivity contribution in [3.63, 3.8) is 0 Å². The van der Waals surface area contributed by atoms with Gasteiger partial charge in [-0.3, -0.25) is 10.1 Å². The molecule has 0 saturated carbocycles. The molecule has 4 rings (SSSR count). The maximum atomic E-state index is 10.7. The van der Waals surface area contributed by atoms with E-state index in [4.69, 9.17) is 0 Å². The smallest absolute Gasteiger partial charge is 0.269 e.